The van der Waals surface area contributed by atoms with Gasteiger partial charge in [-0.1, -0.05) is 18.2 Å². The first-order chi connectivity index (χ1) is 17.7. The first-order valence-electron chi connectivity index (χ1n) is 11.2. The maximum atomic E-state index is 14.6. The summed E-state index contributed by atoms with van der Waals surface area (Å²) in [4.78, 5) is 30.1. The fraction of sp³-hybridized carbons (Fsp3) is 0.148. The molecule has 2 aromatic heterocycles. The fourth-order valence-electron chi connectivity index (χ4n) is 4.18. The molecule has 0 radical (unpaired) electrons. The molecule has 0 atom stereocenters. The minimum atomic E-state index is -4.88. The summed E-state index contributed by atoms with van der Waals surface area (Å²) >= 11 is 0. The Bertz CT molecular complexity index is 1550. The molecule has 0 saturated carbocycles. The average Bonchev–Trinajstić information content (AvgIpc) is 3.35. The van der Waals surface area contributed by atoms with E-state index < -0.39 is 35.6 Å². The van der Waals surface area contributed by atoms with Crippen LogP contribution in [0.4, 0.5) is 27.6 Å². The number of Topliss-reactive ketones (excluding diaryl/α,β-unsaturated/α-hetero) is 1. The smallest absolute Gasteiger partial charge is 0.294 e. The molecule has 2 aromatic carbocycles. The van der Waals surface area contributed by atoms with Crippen LogP contribution in [0.2, 0.25) is 0 Å². The highest BCUT2D eigenvalue weighted by atomic mass is 19.4. The Labute approximate surface area is 207 Å². The van der Waals surface area contributed by atoms with Gasteiger partial charge in [0.05, 0.1) is 17.0 Å². The van der Waals surface area contributed by atoms with Crippen LogP contribution >= 0.6 is 0 Å². The molecule has 1 aliphatic heterocycles. The van der Waals surface area contributed by atoms with E-state index in [-0.39, 0.29) is 17.5 Å². The molecule has 0 fully saturated rings. The second-order valence-corrected chi connectivity index (χ2v) is 8.43. The number of pyridine rings is 1. The molecule has 5 rings (SSSR count). The number of ketones is 1. The zero-order valence-electron chi connectivity index (χ0n) is 19.1. The van der Waals surface area contributed by atoms with E-state index in [1.807, 2.05) is 6.07 Å². The third-order valence-corrected chi connectivity index (χ3v) is 5.98. The van der Waals surface area contributed by atoms with Crippen molar-refractivity contribution in [1.82, 2.24) is 15.0 Å². The van der Waals surface area contributed by atoms with Gasteiger partial charge in [0, 0.05) is 42.8 Å². The molecular formula is C27H17F5N4O. The Balaban J connectivity index is 1.41. The van der Waals surface area contributed by atoms with E-state index in [1.165, 1.54) is 18.5 Å². The van der Waals surface area contributed by atoms with Crippen LogP contribution in [-0.4, -0.2) is 26.9 Å². The molecule has 4 aromatic rings. The molecule has 0 amide bonds. The number of aromatic nitrogens is 3. The Morgan fingerprint density at radius 3 is 2.57 bits per heavy atom. The summed E-state index contributed by atoms with van der Waals surface area (Å²) in [6.07, 6.45) is 0.405. The van der Waals surface area contributed by atoms with Crippen molar-refractivity contribution >= 4 is 17.7 Å². The number of rotatable bonds is 6. The lowest BCUT2D eigenvalue weighted by molar-refractivity contribution is -0.140. The molecule has 0 bridgehead atoms. The van der Waals surface area contributed by atoms with E-state index in [0.29, 0.717) is 41.2 Å². The number of aliphatic imine (C=N–C) groups is 1. The maximum Gasteiger partial charge on any atom is 0.419 e. The first kappa shape index (κ1) is 24.4. The Morgan fingerprint density at radius 1 is 0.946 bits per heavy atom. The van der Waals surface area contributed by atoms with Gasteiger partial charge in [-0.3, -0.25) is 14.8 Å². The Hall–Kier alpha value is -4.34. The lowest BCUT2D eigenvalue weighted by atomic mass is 9.97. The van der Waals surface area contributed by atoms with Crippen molar-refractivity contribution < 1.29 is 26.7 Å². The standard InChI is InChI=1S/C27H17F5N4O/c28-20-6-3-15(10-17(20)13-24(37)16-4-5-19(21(29)12-16)27(30,31)32)11-23-18(2-1-8-33-23)25-26-22(7-9-34-26)35-14-36-25/h1-6,8-10,12,14H,7,11,13H2. The van der Waals surface area contributed by atoms with Gasteiger partial charge in [-0.15, -0.1) is 0 Å². The highest BCUT2D eigenvalue weighted by Gasteiger charge is 2.34. The lowest BCUT2D eigenvalue weighted by Gasteiger charge is -2.12. The summed E-state index contributed by atoms with van der Waals surface area (Å²) in [6.45, 7) is 0. The quantitative estimate of drug-likeness (QED) is 0.233. The van der Waals surface area contributed by atoms with E-state index in [0.717, 1.165) is 17.3 Å². The molecular weight excluding hydrogens is 491 g/mol. The number of benzene rings is 2. The molecule has 5 nitrogen and oxygen atoms in total. The number of hydrogen-bond donors (Lipinski definition) is 0. The number of halogens is 5. The number of nitrogens with zero attached hydrogens (tertiary/aromatic N) is 4. The third-order valence-electron chi connectivity index (χ3n) is 5.98. The van der Waals surface area contributed by atoms with Gasteiger partial charge in [0.1, 0.15) is 29.3 Å². The van der Waals surface area contributed by atoms with E-state index in [2.05, 4.69) is 19.9 Å². The minimum Gasteiger partial charge on any atom is -0.294 e. The van der Waals surface area contributed by atoms with Crippen LogP contribution in [0.1, 0.15) is 38.4 Å². The monoisotopic (exact) mass is 508 g/mol. The Morgan fingerprint density at radius 2 is 1.78 bits per heavy atom. The van der Waals surface area contributed by atoms with Crippen LogP contribution < -0.4 is 0 Å². The fourth-order valence-corrected chi connectivity index (χ4v) is 4.18. The van der Waals surface area contributed by atoms with E-state index in [4.69, 9.17) is 0 Å². The number of fused-ring (bicyclic) bond motifs is 1. The van der Waals surface area contributed by atoms with Crippen molar-refractivity contribution in [3.8, 4) is 11.3 Å². The molecule has 10 heteroatoms. The molecule has 1 aliphatic rings. The third kappa shape index (κ3) is 5.00. The van der Waals surface area contributed by atoms with Gasteiger partial charge in [0.2, 0.25) is 0 Å². The van der Waals surface area contributed by atoms with Crippen molar-refractivity contribution in [2.24, 2.45) is 4.99 Å². The molecule has 0 spiro atoms. The van der Waals surface area contributed by atoms with E-state index >= 15 is 0 Å². The number of hydrogen-bond acceptors (Lipinski definition) is 5. The van der Waals surface area contributed by atoms with Crippen molar-refractivity contribution in [2.75, 3.05) is 0 Å². The van der Waals surface area contributed by atoms with Gasteiger partial charge < -0.3 is 0 Å². The average molecular weight is 508 g/mol. The zero-order valence-corrected chi connectivity index (χ0v) is 19.1. The highest BCUT2D eigenvalue weighted by molar-refractivity contribution is 5.97. The maximum absolute atomic E-state index is 14.6. The first-order valence-corrected chi connectivity index (χ1v) is 11.2. The number of alkyl halides is 3. The van der Waals surface area contributed by atoms with E-state index in [1.54, 1.807) is 24.5 Å². The van der Waals surface area contributed by atoms with Crippen LogP contribution in [0.3, 0.4) is 0 Å². The van der Waals surface area contributed by atoms with Crippen LogP contribution in [0.25, 0.3) is 11.3 Å². The topological polar surface area (TPSA) is 68.1 Å². The second kappa shape index (κ2) is 9.61. The molecule has 186 valence electrons. The van der Waals surface area contributed by atoms with Crippen molar-refractivity contribution in [3.05, 3.63) is 106 Å². The minimum absolute atomic E-state index is 0.0350. The van der Waals surface area contributed by atoms with Crippen molar-refractivity contribution in [3.63, 3.8) is 0 Å². The van der Waals surface area contributed by atoms with Crippen LogP contribution in [-0.2, 0) is 25.4 Å². The van der Waals surface area contributed by atoms with Gasteiger partial charge in [-0.2, -0.15) is 13.2 Å². The molecule has 0 N–H and O–H groups in total. The molecule has 0 saturated heterocycles. The van der Waals surface area contributed by atoms with Gasteiger partial charge in [0.15, 0.2) is 5.78 Å². The van der Waals surface area contributed by atoms with Gasteiger partial charge in [-0.05, 0) is 41.5 Å². The summed E-state index contributed by atoms with van der Waals surface area (Å²) in [5, 5.41) is 0. The largest absolute Gasteiger partial charge is 0.419 e. The van der Waals surface area contributed by atoms with Crippen molar-refractivity contribution in [2.45, 2.75) is 25.4 Å². The summed E-state index contributed by atoms with van der Waals surface area (Å²) in [5.41, 5.74) is 2.44. The summed E-state index contributed by atoms with van der Waals surface area (Å²) < 4.78 is 66.9. The zero-order chi connectivity index (χ0) is 26.2. The highest BCUT2D eigenvalue weighted by Crippen LogP contribution is 2.35. The summed E-state index contributed by atoms with van der Waals surface area (Å²) in [6, 6.07) is 9.80. The van der Waals surface area contributed by atoms with Crippen LogP contribution in [0.15, 0.2) is 66.0 Å². The van der Waals surface area contributed by atoms with Crippen molar-refractivity contribution in [1.29, 1.82) is 0 Å². The van der Waals surface area contributed by atoms with Gasteiger partial charge in [-0.25, -0.2) is 18.7 Å². The number of carbonyl (C=O) groups excluding carboxylic acids is 1. The number of carbonyl (C=O) groups is 1. The summed E-state index contributed by atoms with van der Waals surface area (Å²) in [7, 11) is 0. The SMILES string of the molecule is O=C(Cc1cc(Cc2ncccc2-c2ncnc3c2N=CC3)ccc1F)c1ccc(C(F)(F)F)c(F)c1. The lowest BCUT2D eigenvalue weighted by Crippen LogP contribution is -2.11. The second-order valence-electron chi connectivity index (χ2n) is 8.43. The van der Waals surface area contributed by atoms with Crippen LogP contribution in [0.5, 0.6) is 0 Å². The Kier molecular flexibility index (Phi) is 6.32. The predicted molar refractivity (Wildman–Crippen MR) is 126 cm³/mol. The molecule has 3 heterocycles. The normalized spacial score (nSPS) is 12.6. The summed E-state index contributed by atoms with van der Waals surface area (Å²) in [5.74, 6) is -2.93. The van der Waals surface area contributed by atoms with Gasteiger partial charge in [0.25, 0.3) is 0 Å². The van der Waals surface area contributed by atoms with Crippen LogP contribution in [0, 0.1) is 11.6 Å². The van der Waals surface area contributed by atoms with E-state index in [9.17, 15) is 26.7 Å². The molecule has 0 aliphatic carbocycles. The molecule has 37 heavy (non-hydrogen) atoms. The molecule has 0 unspecified atom stereocenters. The van der Waals surface area contributed by atoms with Gasteiger partial charge >= 0.3 is 6.18 Å². The predicted octanol–water partition coefficient (Wildman–Crippen LogP) is 6.11.